The minimum atomic E-state index is 0.975. The summed E-state index contributed by atoms with van der Waals surface area (Å²) >= 11 is 0. The molecule has 9 aromatic rings. The molecule has 0 saturated heterocycles. The van der Waals surface area contributed by atoms with Crippen molar-refractivity contribution in [2.45, 2.75) is 0 Å². The summed E-state index contributed by atoms with van der Waals surface area (Å²) < 4.78 is 0. The van der Waals surface area contributed by atoms with E-state index in [1.165, 1.54) is 77.2 Å². The van der Waals surface area contributed by atoms with Gasteiger partial charge in [-0.3, -0.25) is 4.98 Å². The van der Waals surface area contributed by atoms with Crippen molar-refractivity contribution in [3.63, 3.8) is 0 Å². The molecule has 0 bridgehead atoms. The summed E-state index contributed by atoms with van der Waals surface area (Å²) in [5.74, 6) is 0. The summed E-state index contributed by atoms with van der Waals surface area (Å²) in [5.41, 5.74) is 14.3. The molecule has 0 N–H and O–H groups in total. The van der Waals surface area contributed by atoms with E-state index < -0.39 is 0 Å². The van der Waals surface area contributed by atoms with E-state index in [9.17, 15) is 0 Å². The summed E-state index contributed by atoms with van der Waals surface area (Å²) in [6.45, 7) is 0. The lowest BCUT2D eigenvalue weighted by Gasteiger charge is -2.19. The van der Waals surface area contributed by atoms with Gasteiger partial charge in [-0.15, -0.1) is 0 Å². The van der Waals surface area contributed by atoms with E-state index in [0.717, 1.165) is 11.3 Å². The molecule has 1 aromatic heterocycles. The Morgan fingerprint density at radius 3 is 1.32 bits per heavy atom. The van der Waals surface area contributed by atoms with Crippen LogP contribution in [0.4, 0.5) is 0 Å². The van der Waals surface area contributed by atoms with Crippen LogP contribution in [-0.4, -0.2) is 4.98 Å². The van der Waals surface area contributed by atoms with Gasteiger partial charge in [-0.1, -0.05) is 164 Å². The number of nitrogens with zero attached hydrogens (tertiary/aromatic N) is 1. The summed E-state index contributed by atoms with van der Waals surface area (Å²) in [5, 5.41) is 4.96. The molecule has 0 atom stereocenters. The monoisotopic (exact) mass is 635 g/mol. The van der Waals surface area contributed by atoms with Crippen LogP contribution in [0.2, 0.25) is 0 Å². The van der Waals surface area contributed by atoms with E-state index in [2.05, 4.69) is 187 Å². The average Bonchev–Trinajstić information content (AvgIpc) is 3.20. The molecule has 1 heterocycles. The topological polar surface area (TPSA) is 12.9 Å². The van der Waals surface area contributed by atoms with Gasteiger partial charge in [0, 0.05) is 11.8 Å². The second kappa shape index (κ2) is 12.8. The van der Waals surface area contributed by atoms with Crippen molar-refractivity contribution in [2.75, 3.05) is 0 Å². The zero-order chi connectivity index (χ0) is 33.3. The fourth-order valence-electron chi connectivity index (χ4n) is 7.42. The largest absolute Gasteiger partial charge is 0.256 e. The molecule has 0 fully saturated rings. The number of hydrogen-bond acceptors (Lipinski definition) is 1. The molecule has 0 amide bonds. The first-order chi connectivity index (χ1) is 24.8. The van der Waals surface area contributed by atoms with Crippen molar-refractivity contribution in [1.82, 2.24) is 4.98 Å². The molecule has 0 radical (unpaired) electrons. The van der Waals surface area contributed by atoms with Gasteiger partial charge in [-0.25, -0.2) is 0 Å². The maximum Gasteiger partial charge on any atom is 0.0702 e. The summed E-state index contributed by atoms with van der Waals surface area (Å²) in [7, 11) is 0. The van der Waals surface area contributed by atoms with Gasteiger partial charge in [-0.2, -0.15) is 0 Å². The van der Waals surface area contributed by atoms with Gasteiger partial charge in [0.1, 0.15) is 0 Å². The van der Waals surface area contributed by atoms with E-state index in [0.29, 0.717) is 0 Å². The minimum Gasteiger partial charge on any atom is -0.256 e. The zero-order valence-corrected chi connectivity index (χ0v) is 27.5. The van der Waals surface area contributed by atoms with E-state index in [-0.39, 0.29) is 0 Å². The molecular weight excluding hydrogens is 603 g/mol. The van der Waals surface area contributed by atoms with Crippen molar-refractivity contribution < 1.29 is 0 Å². The van der Waals surface area contributed by atoms with Crippen LogP contribution in [0.3, 0.4) is 0 Å². The van der Waals surface area contributed by atoms with Crippen LogP contribution in [-0.2, 0) is 0 Å². The fraction of sp³-hybridized carbons (Fsp3) is 0. The third kappa shape index (κ3) is 5.36. The molecule has 0 aliphatic heterocycles. The van der Waals surface area contributed by atoms with Crippen molar-refractivity contribution >= 4 is 21.5 Å². The Balaban J connectivity index is 1.25. The van der Waals surface area contributed by atoms with Gasteiger partial charge in [0.05, 0.1) is 5.69 Å². The minimum absolute atomic E-state index is 0.975. The lowest BCUT2D eigenvalue weighted by atomic mass is 9.84. The SMILES string of the molecule is c1ccc(-c2ccc(-c3cccc(-c4c5ccccc5c(-c5cccc(-c6ccccn6)c5)c5ccccc45)c3)c(-c3ccccc3)c2)cc1. The highest BCUT2D eigenvalue weighted by molar-refractivity contribution is 6.21. The highest BCUT2D eigenvalue weighted by Gasteiger charge is 2.18. The Morgan fingerprint density at radius 2 is 0.740 bits per heavy atom. The van der Waals surface area contributed by atoms with E-state index in [1.54, 1.807) is 0 Å². The van der Waals surface area contributed by atoms with Crippen LogP contribution in [0.1, 0.15) is 0 Å². The number of benzene rings is 8. The number of hydrogen-bond donors (Lipinski definition) is 0. The van der Waals surface area contributed by atoms with Crippen molar-refractivity contribution in [1.29, 1.82) is 0 Å². The van der Waals surface area contributed by atoms with Crippen LogP contribution < -0.4 is 0 Å². The first-order valence-corrected chi connectivity index (χ1v) is 17.1. The third-order valence-corrected chi connectivity index (χ3v) is 9.72. The molecule has 1 nitrogen and oxygen atoms in total. The van der Waals surface area contributed by atoms with Gasteiger partial charge in [-0.05, 0) is 108 Å². The van der Waals surface area contributed by atoms with Crippen LogP contribution >= 0.6 is 0 Å². The second-order valence-corrected chi connectivity index (χ2v) is 12.7. The Morgan fingerprint density at radius 1 is 0.260 bits per heavy atom. The van der Waals surface area contributed by atoms with E-state index in [4.69, 9.17) is 0 Å². The molecule has 8 aromatic carbocycles. The van der Waals surface area contributed by atoms with Gasteiger partial charge in [0.2, 0.25) is 0 Å². The first kappa shape index (κ1) is 29.6. The van der Waals surface area contributed by atoms with Crippen LogP contribution in [0.15, 0.2) is 200 Å². The van der Waals surface area contributed by atoms with Crippen LogP contribution in [0.5, 0.6) is 0 Å². The molecule has 50 heavy (non-hydrogen) atoms. The second-order valence-electron chi connectivity index (χ2n) is 12.7. The van der Waals surface area contributed by atoms with Crippen molar-refractivity contribution in [2.24, 2.45) is 0 Å². The molecule has 1 heteroatoms. The third-order valence-electron chi connectivity index (χ3n) is 9.72. The Labute approximate surface area is 292 Å². The Kier molecular flexibility index (Phi) is 7.57. The predicted molar refractivity (Wildman–Crippen MR) is 212 cm³/mol. The Hall–Kier alpha value is -6.57. The average molecular weight is 636 g/mol. The highest BCUT2D eigenvalue weighted by atomic mass is 14.7. The quantitative estimate of drug-likeness (QED) is 0.166. The Bertz CT molecular complexity index is 2570. The van der Waals surface area contributed by atoms with E-state index in [1.807, 2.05) is 18.3 Å². The van der Waals surface area contributed by atoms with Crippen molar-refractivity contribution in [3.8, 4) is 66.9 Å². The van der Waals surface area contributed by atoms with Gasteiger partial charge < -0.3 is 0 Å². The van der Waals surface area contributed by atoms with Gasteiger partial charge >= 0.3 is 0 Å². The van der Waals surface area contributed by atoms with Crippen molar-refractivity contribution in [3.05, 3.63) is 200 Å². The molecule has 0 spiro atoms. The lowest BCUT2D eigenvalue weighted by Crippen LogP contribution is -1.92. The molecular formula is C49H33N. The smallest absolute Gasteiger partial charge is 0.0702 e. The fourth-order valence-corrected chi connectivity index (χ4v) is 7.42. The summed E-state index contributed by atoms with van der Waals surface area (Å²) in [6, 6.07) is 70.0. The molecule has 0 unspecified atom stereocenters. The molecule has 0 saturated carbocycles. The van der Waals surface area contributed by atoms with Crippen LogP contribution in [0.25, 0.3) is 88.4 Å². The van der Waals surface area contributed by atoms with Gasteiger partial charge in [0.25, 0.3) is 0 Å². The number of rotatable bonds is 6. The summed E-state index contributed by atoms with van der Waals surface area (Å²) in [4.78, 5) is 4.64. The maximum atomic E-state index is 4.64. The molecule has 0 aliphatic carbocycles. The van der Waals surface area contributed by atoms with E-state index >= 15 is 0 Å². The standard InChI is InChI=1S/C49H33N/c1-3-15-34(16-4-1)36-28-29-41(46(33-36)35-17-5-2-6-18-35)37-19-13-21-39(31-37)48-42-23-7-9-25-44(42)49(45-26-10-8-24-43(45)48)40-22-14-20-38(32-40)47-27-11-12-30-50-47/h1-33H. The van der Waals surface area contributed by atoms with Gasteiger partial charge in [0.15, 0.2) is 0 Å². The molecule has 9 rings (SSSR count). The molecule has 0 aliphatic rings. The number of fused-ring (bicyclic) bond motifs is 2. The maximum absolute atomic E-state index is 4.64. The predicted octanol–water partition coefficient (Wildman–Crippen LogP) is 13.4. The lowest BCUT2D eigenvalue weighted by molar-refractivity contribution is 1.33. The number of pyridine rings is 1. The normalized spacial score (nSPS) is 11.2. The molecule has 234 valence electrons. The first-order valence-electron chi connectivity index (χ1n) is 17.1. The highest BCUT2D eigenvalue weighted by Crippen LogP contribution is 2.45. The summed E-state index contributed by atoms with van der Waals surface area (Å²) in [6.07, 6.45) is 1.86. The number of aromatic nitrogens is 1. The zero-order valence-electron chi connectivity index (χ0n) is 27.5. The van der Waals surface area contributed by atoms with Crippen LogP contribution in [0, 0.1) is 0 Å².